The summed E-state index contributed by atoms with van der Waals surface area (Å²) < 4.78 is 5.35. The van der Waals surface area contributed by atoms with Crippen LogP contribution < -0.4 is 5.73 Å². The lowest BCUT2D eigenvalue weighted by molar-refractivity contribution is -0.136. The van der Waals surface area contributed by atoms with Gasteiger partial charge in [0.05, 0.1) is 0 Å². The van der Waals surface area contributed by atoms with Crippen LogP contribution in [0.5, 0.6) is 0 Å². The number of hydrogen-bond acceptors (Lipinski definition) is 3. The molecular formula is C12H20ClNO2Si. The second-order valence-electron chi connectivity index (χ2n) is 4.83. The van der Waals surface area contributed by atoms with E-state index in [-0.39, 0.29) is 18.4 Å². The lowest BCUT2D eigenvalue weighted by Crippen LogP contribution is -2.40. The Balaban J connectivity index is 0.00000256. The van der Waals surface area contributed by atoms with Gasteiger partial charge in [-0.3, -0.25) is 4.79 Å². The van der Waals surface area contributed by atoms with Gasteiger partial charge in [-0.05, 0) is 31.6 Å². The Labute approximate surface area is 110 Å². The number of halogens is 1. The molecule has 0 saturated heterocycles. The predicted molar refractivity (Wildman–Crippen MR) is 74.8 cm³/mol. The maximum atomic E-state index is 11.7. The molecule has 0 radical (unpaired) electrons. The average molecular weight is 274 g/mol. The van der Waals surface area contributed by atoms with E-state index >= 15 is 0 Å². The van der Waals surface area contributed by atoms with Crippen molar-refractivity contribution < 1.29 is 9.22 Å². The minimum atomic E-state index is -1.83. The molecule has 0 spiro atoms. The van der Waals surface area contributed by atoms with Gasteiger partial charge in [-0.2, -0.15) is 0 Å². The van der Waals surface area contributed by atoms with Gasteiger partial charge in [0, 0.05) is 0 Å². The highest BCUT2D eigenvalue weighted by molar-refractivity contribution is 6.71. The van der Waals surface area contributed by atoms with Crippen molar-refractivity contribution in [3.05, 3.63) is 35.9 Å². The molecule has 5 heteroatoms. The number of hydrogen-bond donors (Lipinski definition) is 1. The van der Waals surface area contributed by atoms with E-state index in [0.717, 1.165) is 5.56 Å². The van der Waals surface area contributed by atoms with Gasteiger partial charge >= 0.3 is 5.97 Å². The van der Waals surface area contributed by atoms with Crippen LogP contribution in [-0.2, 0) is 15.6 Å². The van der Waals surface area contributed by atoms with Crippen molar-refractivity contribution >= 4 is 26.7 Å². The van der Waals surface area contributed by atoms with Gasteiger partial charge in [0.15, 0.2) is 0 Å². The van der Waals surface area contributed by atoms with Crippen LogP contribution in [0.4, 0.5) is 0 Å². The second kappa shape index (κ2) is 6.79. The molecule has 1 rings (SSSR count). The standard InChI is InChI=1S/C12H19NO2Si.ClH/c1-16(2,3)15-12(14)11(13)9-10-7-5-4-6-8-10;/h4-8,11H,9,13H2,1-3H3;1H/t11-;/m0./s1. The van der Waals surface area contributed by atoms with Crippen molar-refractivity contribution in [2.75, 3.05) is 0 Å². The Bertz CT molecular complexity index is 351. The Hall–Kier alpha value is -0.843. The van der Waals surface area contributed by atoms with Gasteiger partial charge in [0.25, 0.3) is 0 Å². The van der Waals surface area contributed by atoms with E-state index in [1.807, 2.05) is 50.0 Å². The lowest BCUT2D eigenvalue weighted by atomic mass is 10.1. The largest absolute Gasteiger partial charge is 0.519 e. The maximum Gasteiger partial charge on any atom is 0.309 e. The highest BCUT2D eigenvalue weighted by Crippen LogP contribution is 2.07. The van der Waals surface area contributed by atoms with Crippen molar-refractivity contribution in [2.45, 2.75) is 32.1 Å². The molecular weight excluding hydrogens is 254 g/mol. The summed E-state index contributed by atoms with van der Waals surface area (Å²) >= 11 is 0. The quantitative estimate of drug-likeness (QED) is 0.857. The zero-order valence-electron chi connectivity index (χ0n) is 10.5. The number of rotatable bonds is 4. The molecule has 0 saturated carbocycles. The van der Waals surface area contributed by atoms with Gasteiger partial charge in [0.1, 0.15) is 6.04 Å². The van der Waals surface area contributed by atoms with E-state index in [1.165, 1.54) is 0 Å². The van der Waals surface area contributed by atoms with Crippen molar-refractivity contribution in [2.24, 2.45) is 5.73 Å². The molecule has 17 heavy (non-hydrogen) atoms. The lowest BCUT2D eigenvalue weighted by Gasteiger charge is -2.20. The molecule has 0 unspecified atom stereocenters. The molecule has 0 fully saturated rings. The van der Waals surface area contributed by atoms with Crippen LogP contribution in [0, 0.1) is 0 Å². The summed E-state index contributed by atoms with van der Waals surface area (Å²) in [4.78, 5) is 11.7. The van der Waals surface area contributed by atoms with Crippen LogP contribution in [0.25, 0.3) is 0 Å². The molecule has 0 aliphatic carbocycles. The molecule has 0 heterocycles. The van der Waals surface area contributed by atoms with Crippen molar-refractivity contribution in [3.63, 3.8) is 0 Å². The topological polar surface area (TPSA) is 52.3 Å². The van der Waals surface area contributed by atoms with Crippen LogP contribution in [-0.4, -0.2) is 20.3 Å². The first-order valence-corrected chi connectivity index (χ1v) is 8.82. The molecule has 0 amide bonds. The van der Waals surface area contributed by atoms with E-state index < -0.39 is 14.4 Å². The summed E-state index contributed by atoms with van der Waals surface area (Å²) in [6.07, 6.45) is 0.532. The Kier molecular flexibility index (Phi) is 6.45. The summed E-state index contributed by atoms with van der Waals surface area (Å²) in [5.74, 6) is -0.289. The van der Waals surface area contributed by atoms with Crippen molar-refractivity contribution in [3.8, 4) is 0 Å². The summed E-state index contributed by atoms with van der Waals surface area (Å²) in [6.45, 7) is 5.92. The van der Waals surface area contributed by atoms with Crippen LogP contribution in [0.3, 0.4) is 0 Å². The van der Waals surface area contributed by atoms with Gasteiger partial charge in [-0.25, -0.2) is 0 Å². The zero-order chi connectivity index (χ0) is 12.2. The molecule has 1 aromatic carbocycles. The van der Waals surface area contributed by atoms with Crippen LogP contribution in [0.1, 0.15) is 5.56 Å². The first kappa shape index (κ1) is 16.2. The van der Waals surface area contributed by atoms with Gasteiger partial charge in [0.2, 0.25) is 8.32 Å². The molecule has 1 aromatic rings. The highest BCUT2D eigenvalue weighted by Gasteiger charge is 2.24. The van der Waals surface area contributed by atoms with Gasteiger partial charge < -0.3 is 10.2 Å². The first-order valence-electron chi connectivity index (χ1n) is 5.41. The van der Waals surface area contributed by atoms with E-state index in [9.17, 15) is 4.79 Å². The summed E-state index contributed by atoms with van der Waals surface area (Å²) in [5.41, 5.74) is 6.86. The minimum Gasteiger partial charge on any atom is -0.519 e. The SMILES string of the molecule is C[Si](C)(C)OC(=O)[C@@H](N)Cc1ccccc1.Cl. The van der Waals surface area contributed by atoms with Gasteiger partial charge in [-0.1, -0.05) is 30.3 Å². The van der Waals surface area contributed by atoms with E-state index in [4.69, 9.17) is 10.2 Å². The average Bonchev–Trinajstić information content (AvgIpc) is 2.16. The summed E-state index contributed by atoms with van der Waals surface area (Å²) in [7, 11) is -1.83. The summed E-state index contributed by atoms with van der Waals surface area (Å²) in [5, 5.41) is 0. The smallest absolute Gasteiger partial charge is 0.309 e. The number of nitrogens with two attached hydrogens (primary N) is 1. The monoisotopic (exact) mass is 273 g/mol. The number of carbonyl (C=O) groups excluding carboxylic acids is 1. The van der Waals surface area contributed by atoms with Crippen molar-refractivity contribution in [1.82, 2.24) is 0 Å². The third kappa shape index (κ3) is 6.46. The molecule has 0 bridgehead atoms. The van der Waals surface area contributed by atoms with Gasteiger partial charge in [-0.15, -0.1) is 12.4 Å². The van der Waals surface area contributed by atoms with Crippen LogP contribution >= 0.6 is 12.4 Å². The molecule has 1 atom stereocenters. The fourth-order valence-electron chi connectivity index (χ4n) is 1.33. The van der Waals surface area contributed by atoms with E-state index in [2.05, 4.69) is 0 Å². The third-order valence-electron chi connectivity index (χ3n) is 2.01. The molecule has 2 N–H and O–H groups in total. The predicted octanol–water partition coefficient (Wildman–Crippen LogP) is 2.36. The molecule has 0 aliphatic rings. The maximum absolute atomic E-state index is 11.7. The Morgan fingerprint density at radius 3 is 2.29 bits per heavy atom. The Morgan fingerprint density at radius 2 is 1.82 bits per heavy atom. The fourth-order valence-corrected chi connectivity index (χ4v) is 2.08. The van der Waals surface area contributed by atoms with E-state index in [1.54, 1.807) is 0 Å². The normalized spacial score (nSPS) is 12.5. The third-order valence-corrected chi connectivity index (χ3v) is 2.82. The molecule has 0 aliphatic heterocycles. The van der Waals surface area contributed by atoms with Crippen molar-refractivity contribution in [1.29, 1.82) is 0 Å². The molecule has 96 valence electrons. The van der Waals surface area contributed by atoms with Crippen LogP contribution in [0.15, 0.2) is 30.3 Å². The molecule has 0 aromatic heterocycles. The second-order valence-corrected chi connectivity index (χ2v) is 9.26. The fraction of sp³-hybridized carbons (Fsp3) is 0.417. The van der Waals surface area contributed by atoms with Crippen LogP contribution in [0.2, 0.25) is 19.6 Å². The number of carbonyl (C=O) groups is 1. The molecule has 3 nitrogen and oxygen atoms in total. The van der Waals surface area contributed by atoms with E-state index in [0.29, 0.717) is 6.42 Å². The zero-order valence-corrected chi connectivity index (χ0v) is 12.3. The summed E-state index contributed by atoms with van der Waals surface area (Å²) in [6, 6.07) is 9.17. The minimum absolute atomic E-state index is 0. The highest BCUT2D eigenvalue weighted by atomic mass is 35.5. The first-order chi connectivity index (χ1) is 7.38. The Morgan fingerprint density at radius 1 is 1.29 bits per heavy atom. The number of benzene rings is 1.